The van der Waals surface area contributed by atoms with Crippen molar-refractivity contribution in [1.82, 2.24) is 15.2 Å². The fraction of sp³-hybridized carbons (Fsp3) is 0.182. The average molecular weight is 254 g/mol. The second-order valence-electron chi connectivity index (χ2n) is 3.51. The molecule has 0 aliphatic carbocycles. The molecule has 1 aromatic heterocycles. The zero-order valence-corrected chi connectivity index (χ0v) is 9.15. The van der Waals surface area contributed by atoms with Gasteiger partial charge in [-0.25, -0.2) is 4.98 Å². The molecule has 2 aromatic rings. The Morgan fingerprint density at radius 2 is 1.89 bits per heavy atom. The molecule has 0 spiro atoms. The highest BCUT2D eigenvalue weighted by Gasteiger charge is 2.33. The minimum atomic E-state index is -4.44. The van der Waals surface area contributed by atoms with Crippen LogP contribution in [0.15, 0.2) is 30.5 Å². The summed E-state index contributed by atoms with van der Waals surface area (Å²) in [6, 6.07) is 5.17. The predicted molar refractivity (Wildman–Crippen MR) is 58.2 cm³/mol. The average Bonchev–Trinajstić information content (AvgIpc) is 2.38. The van der Waals surface area contributed by atoms with Crippen LogP contribution in [0.4, 0.5) is 13.2 Å². The molecule has 0 atom stereocenters. The van der Waals surface area contributed by atoms with Crippen molar-refractivity contribution in [3.63, 3.8) is 0 Å². The van der Waals surface area contributed by atoms with Gasteiger partial charge in [0.1, 0.15) is 0 Å². The van der Waals surface area contributed by atoms with Crippen LogP contribution in [0.5, 0.6) is 0 Å². The fourth-order valence-electron chi connectivity index (χ4n) is 1.51. The third kappa shape index (κ3) is 2.45. The van der Waals surface area contributed by atoms with E-state index in [1.54, 1.807) is 0 Å². The van der Waals surface area contributed by atoms with Crippen molar-refractivity contribution in [3.05, 3.63) is 41.9 Å². The van der Waals surface area contributed by atoms with Gasteiger partial charge in [0.2, 0.25) is 0 Å². The third-order valence-corrected chi connectivity index (χ3v) is 2.29. The third-order valence-electron chi connectivity index (χ3n) is 2.29. The van der Waals surface area contributed by atoms with E-state index in [0.717, 1.165) is 6.07 Å². The Bertz CT molecular complexity index is 554. The molecule has 0 amide bonds. The molecule has 2 N–H and O–H groups in total. The normalized spacial score (nSPS) is 11.6. The molecule has 1 heterocycles. The maximum atomic E-state index is 12.8. The zero-order chi connectivity index (χ0) is 13.2. The second-order valence-corrected chi connectivity index (χ2v) is 3.51. The summed E-state index contributed by atoms with van der Waals surface area (Å²) in [6.07, 6.45) is -3.26. The molecule has 0 bridgehead atoms. The Morgan fingerprint density at radius 3 is 2.56 bits per heavy atom. The van der Waals surface area contributed by atoms with Gasteiger partial charge in [0, 0.05) is 5.56 Å². The number of halogens is 3. The second kappa shape index (κ2) is 4.69. The van der Waals surface area contributed by atoms with Gasteiger partial charge in [-0.15, -0.1) is 5.10 Å². The lowest BCUT2D eigenvalue weighted by atomic mass is 10.0. The van der Waals surface area contributed by atoms with E-state index in [-0.39, 0.29) is 23.6 Å². The molecule has 0 saturated carbocycles. The van der Waals surface area contributed by atoms with E-state index >= 15 is 0 Å². The van der Waals surface area contributed by atoms with Crippen molar-refractivity contribution in [2.75, 3.05) is 0 Å². The van der Waals surface area contributed by atoms with Gasteiger partial charge < -0.3 is 5.73 Å². The minimum Gasteiger partial charge on any atom is -0.324 e. The first-order chi connectivity index (χ1) is 8.52. The molecule has 0 fully saturated rings. The van der Waals surface area contributed by atoms with Gasteiger partial charge in [0.05, 0.1) is 24.0 Å². The highest BCUT2D eigenvalue weighted by molar-refractivity contribution is 5.63. The van der Waals surface area contributed by atoms with Gasteiger partial charge in [0.15, 0.2) is 5.82 Å². The van der Waals surface area contributed by atoms with Crippen LogP contribution in [0.1, 0.15) is 11.4 Å². The molecule has 18 heavy (non-hydrogen) atoms. The number of benzene rings is 1. The quantitative estimate of drug-likeness (QED) is 0.890. The van der Waals surface area contributed by atoms with E-state index in [0.29, 0.717) is 0 Å². The first-order valence-corrected chi connectivity index (χ1v) is 5.07. The van der Waals surface area contributed by atoms with Crippen molar-refractivity contribution in [1.29, 1.82) is 0 Å². The highest BCUT2D eigenvalue weighted by atomic mass is 19.4. The highest BCUT2D eigenvalue weighted by Crippen LogP contribution is 2.35. The first kappa shape index (κ1) is 12.4. The number of hydrogen-bond donors (Lipinski definition) is 1. The molecule has 0 saturated heterocycles. The molecular formula is C11H9F3N4. The van der Waals surface area contributed by atoms with E-state index in [4.69, 9.17) is 5.73 Å². The summed E-state index contributed by atoms with van der Waals surface area (Å²) in [5.74, 6) is 0.199. The summed E-state index contributed by atoms with van der Waals surface area (Å²) in [5, 5.41) is 7.20. The Kier molecular flexibility index (Phi) is 3.24. The number of nitrogens with zero attached hydrogens (tertiary/aromatic N) is 3. The van der Waals surface area contributed by atoms with Crippen LogP contribution in [0.3, 0.4) is 0 Å². The van der Waals surface area contributed by atoms with Crippen LogP contribution in [0.25, 0.3) is 11.3 Å². The molecule has 2 rings (SSSR count). The standard InChI is InChI=1S/C11H9F3N4/c12-11(13,14)8-4-2-1-3-7(8)9-6-16-18-10(5-15)17-9/h1-4,6H,5,15H2. The van der Waals surface area contributed by atoms with Crippen molar-refractivity contribution in [2.45, 2.75) is 12.7 Å². The van der Waals surface area contributed by atoms with Crippen molar-refractivity contribution >= 4 is 0 Å². The van der Waals surface area contributed by atoms with Gasteiger partial charge in [-0.1, -0.05) is 18.2 Å². The van der Waals surface area contributed by atoms with Gasteiger partial charge in [-0.2, -0.15) is 18.3 Å². The van der Waals surface area contributed by atoms with Gasteiger partial charge in [-0.3, -0.25) is 0 Å². The van der Waals surface area contributed by atoms with Crippen LogP contribution in [0.2, 0.25) is 0 Å². The lowest BCUT2D eigenvalue weighted by Gasteiger charge is -2.11. The van der Waals surface area contributed by atoms with E-state index in [1.165, 1.54) is 24.4 Å². The largest absolute Gasteiger partial charge is 0.417 e. The molecule has 0 unspecified atom stereocenters. The van der Waals surface area contributed by atoms with Gasteiger partial charge in [-0.05, 0) is 6.07 Å². The maximum absolute atomic E-state index is 12.8. The number of alkyl halides is 3. The van der Waals surface area contributed by atoms with Crippen LogP contribution < -0.4 is 5.73 Å². The zero-order valence-electron chi connectivity index (χ0n) is 9.15. The fourth-order valence-corrected chi connectivity index (χ4v) is 1.51. The Morgan fingerprint density at radius 1 is 1.17 bits per heavy atom. The molecule has 94 valence electrons. The minimum absolute atomic E-state index is 0.0228. The van der Waals surface area contributed by atoms with Crippen molar-refractivity contribution in [2.24, 2.45) is 5.73 Å². The molecule has 0 aliphatic rings. The Hall–Kier alpha value is -2.02. The molecule has 7 heteroatoms. The van der Waals surface area contributed by atoms with Crippen LogP contribution in [-0.4, -0.2) is 15.2 Å². The maximum Gasteiger partial charge on any atom is 0.417 e. The van der Waals surface area contributed by atoms with E-state index in [2.05, 4.69) is 15.2 Å². The summed E-state index contributed by atoms with van der Waals surface area (Å²) >= 11 is 0. The Labute approximate surface area is 101 Å². The molecule has 0 aliphatic heterocycles. The van der Waals surface area contributed by atoms with E-state index in [9.17, 15) is 13.2 Å². The number of rotatable bonds is 2. The predicted octanol–water partition coefficient (Wildman–Crippen LogP) is 2.02. The molecular weight excluding hydrogens is 245 g/mol. The van der Waals surface area contributed by atoms with Gasteiger partial charge in [0.25, 0.3) is 0 Å². The molecule has 1 aromatic carbocycles. The summed E-state index contributed by atoms with van der Waals surface area (Å²) in [7, 11) is 0. The summed E-state index contributed by atoms with van der Waals surface area (Å²) in [4.78, 5) is 3.94. The van der Waals surface area contributed by atoms with E-state index < -0.39 is 11.7 Å². The lowest BCUT2D eigenvalue weighted by molar-refractivity contribution is -0.137. The van der Waals surface area contributed by atoms with E-state index in [1.807, 2.05) is 0 Å². The first-order valence-electron chi connectivity index (χ1n) is 5.07. The molecule has 0 radical (unpaired) electrons. The van der Waals surface area contributed by atoms with Crippen LogP contribution in [0, 0.1) is 0 Å². The SMILES string of the molecule is NCc1nncc(-c2ccccc2C(F)(F)F)n1. The van der Waals surface area contributed by atoms with Crippen LogP contribution >= 0.6 is 0 Å². The monoisotopic (exact) mass is 254 g/mol. The summed E-state index contributed by atoms with van der Waals surface area (Å²) < 4.78 is 38.5. The van der Waals surface area contributed by atoms with Gasteiger partial charge >= 0.3 is 6.18 Å². The number of hydrogen-bond acceptors (Lipinski definition) is 4. The summed E-state index contributed by atoms with van der Waals surface area (Å²) in [5.41, 5.74) is 4.65. The summed E-state index contributed by atoms with van der Waals surface area (Å²) in [6.45, 7) is 0.0228. The van der Waals surface area contributed by atoms with Crippen molar-refractivity contribution in [3.8, 4) is 11.3 Å². The smallest absolute Gasteiger partial charge is 0.324 e. The number of nitrogens with two attached hydrogens (primary N) is 1. The number of aromatic nitrogens is 3. The molecule has 4 nitrogen and oxygen atoms in total. The lowest BCUT2D eigenvalue weighted by Crippen LogP contribution is -2.09. The van der Waals surface area contributed by atoms with Crippen molar-refractivity contribution < 1.29 is 13.2 Å². The topological polar surface area (TPSA) is 64.7 Å². The Balaban J connectivity index is 2.57. The van der Waals surface area contributed by atoms with Crippen LogP contribution in [-0.2, 0) is 12.7 Å².